The molecule has 1 heterocycles. The van der Waals surface area contributed by atoms with Gasteiger partial charge in [-0.1, -0.05) is 0 Å². The number of carbonyl (C=O) groups is 2. The lowest BCUT2D eigenvalue weighted by Gasteiger charge is -2.09. The molecule has 0 spiro atoms. The topological polar surface area (TPSA) is 88.5 Å². The lowest BCUT2D eigenvalue weighted by Crippen LogP contribution is -2.19. The summed E-state index contributed by atoms with van der Waals surface area (Å²) in [4.78, 5) is 26.4. The van der Waals surface area contributed by atoms with Crippen LogP contribution in [0.5, 0.6) is 11.5 Å². The number of hydrogen-bond acceptors (Lipinski definition) is 4. The molecule has 0 aliphatic heterocycles. The van der Waals surface area contributed by atoms with Gasteiger partial charge in [-0.2, -0.15) is 0 Å². The average molecular weight is 290 g/mol. The van der Waals surface area contributed by atoms with Crippen LogP contribution < -0.4 is 10.1 Å². The Balaban J connectivity index is 2.36. The zero-order valence-electron chi connectivity index (χ0n) is 11.0. The molecule has 0 saturated carbocycles. The van der Waals surface area contributed by atoms with Crippen LogP contribution in [0.2, 0.25) is 0 Å². The summed E-state index contributed by atoms with van der Waals surface area (Å²) in [6.07, 6.45) is 1.33. The molecule has 108 valence electrons. The fourth-order valence-electron chi connectivity index (χ4n) is 1.61. The second-order valence-electron chi connectivity index (χ2n) is 4.00. The minimum atomic E-state index is -1.24. The minimum absolute atomic E-state index is 0.100. The van der Waals surface area contributed by atoms with E-state index in [4.69, 9.17) is 9.84 Å². The molecule has 1 aromatic carbocycles. The highest BCUT2D eigenvalue weighted by Gasteiger charge is 2.14. The SMILES string of the molecule is CNC(=O)c1cc(Oc2cc(F)ccc2C(=O)O)ccn1. The van der Waals surface area contributed by atoms with E-state index in [2.05, 4.69) is 10.3 Å². The van der Waals surface area contributed by atoms with Crippen molar-refractivity contribution in [3.8, 4) is 11.5 Å². The van der Waals surface area contributed by atoms with Crippen LogP contribution >= 0.6 is 0 Å². The van der Waals surface area contributed by atoms with E-state index < -0.39 is 17.7 Å². The zero-order chi connectivity index (χ0) is 15.4. The second-order valence-corrected chi connectivity index (χ2v) is 4.00. The Bertz CT molecular complexity index is 703. The Morgan fingerprint density at radius 3 is 2.71 bits per heavy atom. The number of carboxylic acids is 1. The molecular weight excluding hydrogens is 279 g/mol. The van der Waals surface area contributed by atoms with Gasteiger partial charge in [0.25, 0.3) is 5.91 Å². The molecule has 1 amide bonds. The Morgan fingerprint density at radius 1 is 1.29 bits per heavy atom. The summed E-state index contributed by atoms with van der Waals surface area (Å²) < 4.78 is 18.6. The van der Waals surface area contributed by atoms with E-state index in [1.165, 1.54) is 25.4 Å². The van der Waals surface area contributed by atoms with Gasteiger partial charge in [0.2, 0.25) is 0 Å². The van der Waals surface area contributed by atoms with Crippen LogP contribution in [0.1, 0.15) is 20.8 Å². The standard InChI is InChI=1S/C14H11FN2O4/c1-16-13(18)11-7-9(4-5-17-11)21-12-6-8(15)2-3-10(12)14(19)20/h2-7H,1H3,(H,16,18)(H,19,20). The van der Waals surface area contributed by atoms with Crippen molar-refractivity contribution in [3.63, 3.8) is 0 Å². The lowest BCUT2D eigenvalue weighted by molar-refractivity contribution is 0.0693. The van der Waals surface area contributed by atoms with Crippen molar-refractivity contribution in [1.82, 2.24) is 10.3 Å². The quantitative estimate of drug-likeness (QED) is 0.900. The van der Waals surface area contributed by atoms with Gasteiger partial charge in [-0.15, -0.1) is 0 Å². The van der Waals surface area contributed by atoms with E-state index in [-0.39, 0.29) is 22.8 Å². The average Bonchev–Trinajstić information content (AvgIpc) is 2.46. The van der Waals surface area contributed by atoms with Crippen molar-refractivity contribution in [2.24, 2.45) is 0 Å². The monoisotopic (exact) mass is 290 g/mol. The molecule has 0 unspecified atom stereocenters. The first-order valence-corrected chi connectivity index (χ1v) is 5.90. The molecule has 6 nitrogen and oxygen atoms in total. The highest BCUT2D eigenvalue weighted by molar-refractivity contribution is 5.92. The molecule has 0 aliphatic carbocycles. The summed E-state index contributed by atoms with van der Waals surface area (Å²) in [5, 5.41) is 11.4. The summed E-state index contributed by atoms with van der Waals surface area (Å²) in [6.45, 7) is 0. The van der Waals surface area contributed by atoms with E-state index in [0.29, 0.717) is 0 Å². The van der Waals surface area contributed by atoms with Crippen molar-refractivity contribution in [3.05, 3.63) is 53.6 Å². The summed E-state index contributed by atoms with van der Waals surface area (Å²) in [7, 11) is 1.45. The van der Waals surface area contributed by atoms with Gasteiger partial charge < -0.3 is 15.2 Å². The number of nitrogens with one attached hydrogen (secondary N) is 1. The first-order valence-electron chi connectivity index (χ1n) is 5.90. The largest absolute Gasteiger partial charge is 0.478 e. The van der Waals surface area contributed by atoms with Gasteiger partial charge >= 0.3 is 5.97 Å². The fourth-order valence-corrected chi connectivity index (χ4v) is 1.61. The molecule has 0 atom stereocenters. The van der Waals surface area contributed by atoms with E-state index >= 15 is 0 Å². The van der Waals surface area contributed by atoms with Gasteiger partial charge in [-0.25, -0.2) is 9.18 Å². The highest BCUT2D eigenvalue weighted by Crippen LogP contribution is 2.26. The molecule has 0 saturated heterocycles. The number of ether oxygens (including phenoxy) is 1. The number of benzene rings is 1. The molecule has 7 heteroatoms. The maximum atomic E-state index is 13.2. The molecule has 2 aromatic rings. The summed E-state index contributed by atoms with van der Waals surface area (Å²) in [5.74, 6) is -2.27. The van der Waals surface area contributed by atoms with Gasteiger partial charge in [0.1, 0.15) is 28.6 Å². The molecule has 0 fully saturated rings. The van der Waals surface area contributed by atoms with Gasteiger partial charge in [0.05, 0.1) is 0 Å². The molecule has 0 bridgehead atoms. The Labute approximate surface area is 119 Å². The highest BCUT2D eigenvalue weighted by atomic mass is 19.1. The van der Waals surface area contributed by atoms with Crippen LogP contribution in [0.15, 0.2) is 36.5 Å². The molecule has 2 rings (SSSR count). The zero-order valence-corrected chi connectivity index (χ0v) is 11.0. The second kappa shape index (κ2) is 6.00. The number of carbonyl (C=O) groups excluding carboxylic acids is 1. The number of rotatable bonds is 4. The van der Waals surface area contributed by atoms with Gasteiger partial charge in [0.15, 0.2) is 0 Å². The van der Waals surface area contributed by atoms with E-state index in [1.54, 1.807) is 0 Å². The Hall–Kier alpha value is -2.96. The predicted octanol–water partition coefficient (Wildman–Crippen LogP) is 2.07. The van der Waals surface area contributed by atoms with Crippen LogP contribution in [0.4, 0.5) is 4.39 Å². The predicted molar refractivity (Wildman–Crippen MR) is 71.1 cm³/mol. The maximum Gasteiger partial charge on any atom is 0.339 e. The molecule has 0 radical (unpaired) electrons. The van der Waals surface area contributed by atoms with Crippen molar-refractivity contribution < 1.29 is 23.8 Å². The van der Waals surface area contributed by atoms with Crippen molar-refractivity contribution in [2.45, 2.75) is 0 Å². The van der Waals surface area contributed by atoms with Gasteiger partial charge in [-0.3, -0.25) is 9.78 Å². The van der Waals surface area contributed by atoms with E-state index in [9.17, 15) is 14.0 Å². The van der Waals surface area contributed by atoms with E-state index in [1.807, 2.05) is 0 Å². The lowest BCUT2D eigenvalue weighted by atomic mass is 10.2. The fraction of sp³-hybridized carbons (Fsp3) is 0.0714. The third kappa shape index (κ3) is 3.33. The normalized spacial score (nSPS) is 10.0. The van der Waals surface area contributed by atoms with Gasteiger partial charge in [-0.05, 0) is 18.2 Å². The number of hydrogen-bond donors (Lipinski definition) is 2. The number of aromatic nitrogens is 1. The third-order valence-electron chi connectivity index (χ3n) is 2.59. The first kappa shape index (κ1) is 14.4. The molecule has 1 aromatic heterocycles. The summed E-state index contributed by atoms with van der Waals surface area (Å²) in [6, 6.07) is 5.86. The number of halogens is 1. The van der Waals surface area contributed by atoms with Crippen molar-refractivity contribution >= 4 is 11.9 Å². The van der Waals surface area contributed by atoms with E-state index in [0.717, 1.165) is 18.2 Å². The van der Waals surface area contributed by atoms with Crippen LogP contribution in [-0.2, 0) is 0 Å². The summed E-state index contributed by atoms with van der Waals surface area (Å²) in [5.41, 5.74) is -0.0852. The van der Waals surface area contributed by atoms with Crippen molar-refractivity contribution in [1.29, 1.82) is 0 Å². The van der Waals surface area contributed by atoms with Crippen LogP contribution in [-0.4, -0.2) is 29.0 Å². The number of amides is 1. The number of aromatic carboxylic acids is 1. The van der Waals surface area contributed by atoms with Crippen LogP contribution in [0, 0.1) is 5.82 Å². The Kier molecular flexibility index (Phi) is 4.13. The number of pyridine rings is 1. The van der Waals surface area contributed by atoms with Gasteiger partial charge in [0, 0.05) is 25.4 Å². The maximum absolute atomic E-state index is 13.2. The first-order chi connectivity index (χ1) is 10.0. The number of nitrogens with zero attached hydrogens (tertiary/aromatic N) is 1. The summed E-state index contributed by atoms with van der Waals surface area (Å²) >= 11 is 0. The van der Waals surface area contributed by atoms with Crippen LogP contribution in [0.3, 0.4) is 0 Å². The Morgan fingerprint density at radius 2 is 2.05 bits per heavy atom. The smallest absolute Gasteiger partial charge is 0.339 e. The minimum Gasteiger partial charge on any atom is -0.478 e. The molecule has 0 aliphatic rings. The molecule has 2 N–H and O–H groups in total. The van der Waals surface area contributed by atoms with Crippen molar-refractivity contribution in [2.75, 3.05) is 7.05 Å². The molecular formula is C14H11FN2O4. The third-order valence-corrected chi connectivity index (χ3v) is 2.59. The number of carboxylic acid groups (broad SMARTS) is 1. The molecule has 21 heavy (non-hydrogen) atoms. The van der Waals surface area contributed by atoms with Crippen LogP contribution in [0.25, 0.3) is 0 Å².